The molecule has 0 bridgehead atoms. The van der Waals surface area contributed by atoms with Gasteiger partial charge in [0.05, 0.1) is 0 Å². The highest BCUT2D eigenvalue weighted by atomic mass is 16.2. The number of carbonyl (C=O) groups excluding carboxylic acids is 2. The number of benzene rings is 1. The van der Waals surface area contributed by atoms with E-state index in [4.69, 9.17) is 0 Å². The van der Waals surface area contributed by atoms with Gasteiger partial charge in [-0.2, -0.15) is 0 Å². The fourth-order valence-corrected chi connectivity index (χ4v) is 3.54. The van der Waals surface area contributed by atoms with Crippen molar-refractivity contribution >= 4 is 17.5 Å². The van der Waals surface area contributed by atoms with E-state index in [0.29, 0.717) is 17.8 Å². The minimum Gasteiger partial charge on any atom is -0.353 e. The Morgan fingerprint density at radius 3 is 2.79 bits per heavy atom. The highest BCUT2D eigenvalue weighted by molar-refractivity contribution is 6.10. The zero-order valence-corrected chi connectivity index (χ0v) is 14.3. The average Bonchev–Trinajstić information content (AvgIpc) is 2.80. The molecule has 2 aliphatic rings. The number of rotatable bonds is 5. The van der Waals surface area contributed by atoms with Gasteiger partial charge < -0.3 is 10.2 Å². The molecule has 1 unspecified atom stereocenters. The number of fused-ring (bicyclic) bond motifs is 1. The minimum absolute atomic E-state index is 0.0305. The first-order valence-electron chi connectivity index (χ1n) is 8.65. The van der Waals surface area contributed by atoms with Crippen LogP contribution in [0.2, 0.25) is 0 Å². The van der Waals surface area contributed by atoms with Crippen LogP contribution in [-0.2, 0) is 4.79 Å². The Balaban J connectivity index is 1.47. The standard InChI is InChI=1S/C19H25N3O2/c1-14-6-5-10-21(12-14)11-9-20-18(23)13-22-15(2)16-7-3-4-8-17(16)19(22)24/h3-4,7-8,14H,2,5-6,9-13H2,1H3,(H,20,23). The van der Waals surface area contributed by atoms with Gasteiger partial charge in [0.25, 0.3) is 5.91 Å². The third-order valence-electron chi connectivity index (χ3n) is 4.83. The van der Waals surface area contributed by atoms with Crippen molar-refractivity contribution in [2.75, 3.05) is 32.7 Å². The number of hydrogen-bond acceptors (Lipinski definition) is 3. The molecule has 5 heteroatoms. The molecular weight excluding hydrogens is 302 g/mol. The Bertz CT molecular complexity index is 621. The van der Waals surface area contributed by atoms with E-state index in [9.17, 15) is 9.59 Å². The summed E-state index contributed by atoms with van der Waals surface area (Å²) >= 11 is 0. The van der Waals surface area contributed by atoms with Gasteiger partial charge in [0, 0.05) is 36.5 Å². The van der Waals surface area contributed by atoms with Crippen molar-refractivity contribution in [2.24, 2.45) is 5.92 Å². The summed E-state index contributed by atoms with van der Waals surface area (Å²) in [6.07, 6.45) is 2.53. The molecule has 1 aromatic rings. The Kier molecular flexibility index (Phi) is 5.00. The third kappa shape index (κ3) is 3.51. The molecule has 0 saturated carbocycles. The number of carbonyl (C=O) groups is 2. The number of nitrogens with zero attached hydrogens (tertiary/aromatic N) is 2. The van der Waals surface area contributed by atoms with E-state index in [0.717, 1.165) is 31.1 Å². The van der Waals surface area contributed by atoms with Gasteiger partial charge in [-0.25, -0.2) is 0 Å². The van der Waals surface area contributed by atoms with Gasteiger partial charge in [-0.15, -0.1) is 0 Å². The summed E-state index contributed by atoms with van der Waals surface area (Å²) in [6, 6.07) is 7.34. The molecule has 128 valence electrons. The van der Waals surface area contributed by atoms with Crippen LogP contribution in [0.3, 0.4) is 0 Å². The van der Waals surface area contributed by atoms with Crippen molar-refractivity contribution in [1.82, 2.24) is 15.1 Å². The fraction of sp³-hybridized carbons (Fsp3) is 0.474. The van der Waals surface area contributed by atoms with Gasteiger partial charge in [0.15, 0.2) is 0 Å². The molecule has 0 spiro atoms. The first-order valence-corrected chi connectivity index (χ1v) is 8.65. The lowest BCUT2D eigenvalue weighted by Gasteiger charge is -2.30. The van der Waals surface area contributed by atoms with Crippen molar-refractivity contribution in [1.29, 1.82) is 0 Å². The molecule has 2 heterocycles. The number of likely N-dealkylation sites (tertiary alicyclic amines) is 1. The molecule has 1 N–H and O–H groups in total. The van der Waals surface area contributed by atoms with Crippen molar-refractivity contribution in [3.05, 3.63) is 42.0 Å². The second-order valence-electron chi connectivity index (χ2n) is 6.78. The lowest BCUT2D eigenvalue weighted by Crippen LogP contribution is -2.42. The van der Waals surface area contributed by atoms with E-state index in [1.807, 2.05) is 18.2 Å². The smallest absolute Gasteiger partial charge is 0.259 e. The molecule has 1 fully saturated rings. The summed E-state index contributed by atoms with van der Waals surface area (Å²) in [6.45, 7) is 9.96. The topological polar surface area (TPSA) is 52.7 Å². The fourth-order valence-electron chi connectivity index (χ4n) is 3.54. The zero-order valence-electron chi connectivity index (χ0n) is 14.3. The first kappa shape index (κ1) is 16.7. The van der Waals surface area contributed by atoms with Gasteiger partial charge in [-0.1, -0.05) is 31.7 Å². The molecule has 1 saturated heterocycles. The second-order valence-corrected chi connectivity index (χ2v) is 6.78. The van der Waals surface area contributed by atoms with E-state index in [1.54, 1.807) is 6.07 Å². The van der Waals surface area contributed by atoms with E-state index in [1.165, 1.54) is 17.7 Å². The Hall–Kier alpha value is -2.14. The second kappa shape index (κ2) is 7.18. The predicted molar refractivity (Wildman–Crippen MR) is 94.4 cm³/mol. The molecule has 3 rings (SSSR count). The molecule has 2 amide bonds. The van der Waals surface area contributed by atoms with Crippen LogP contribution in [0, 0.1) is 5.92 Å². The number of amides is 2. The highest BCUT2D eigenvalue weighted by Gasteiger charge is 2.31. The molecule has 5 nitrogen and oxygen atoms in total. The van der Waals surface area contributed by atoms with E-state index in [-0.39, 0.29) is 18.4 Å². The highest BCUT2D eigenvalue weighted by Crippen LogP contribution is 2.30. The van der Waals surface area contributed by atoms with Gasteiger partial charge in [-0.3, -0.25) is 14.5 Å². The average molecular weight is 327 g/mol. The summed E-state index contributed by atoms with van der Waals surface area (Å²) < 4.78 is 0. The largest absolute Gasteiger partial charge is 0.353 e. The molecule has 1 aromatic carbocycles. The maximum atomic E-state index is 12.4. The molecule has 24 heavy (non-hydrogen) atoms. The molecule has 0 aliphatic carbocycles. The van der Waals surface area contributed by atoms with Crippen LogP contribution in [0.4, 0.5) is 0 Å². The van der Waals surface area contributed by atoms with Crippen LogP contribution >= 0.6 is 0 Å². The summed E-state index contributed by atoms with van der Waals surface area (Å²) in [5.74, 6) is 0.455. The van der Waals surface area contributed by atoms with Crippen molar-refractivity contribution < 1.29 is 9.59 Å². The SMILES string of the molecule is C=C1c2ccccc2C(=O)N1CC(=O)NCCN1CCCC(C)C1. The summed E-state index contributed by atoms with van der Waals surface area (Å²) in [5, 5.41) is 2.92. The molecule has 1 atom stereocenters. The van der Waals surface area contributed by atoms with E-state index in [2.05, 4.69) is 23.7 Å². The van der Waals surface area contributed by atoms with Gasteiger partial charge in [-0.05, 0) is 31.4 Å². The Labute approximate surface area is 143 Å². The van der Waals surface area contributed by atoms with Crippen LogP contribution in [0.25, 0.3) is 5.70 Å². The van der Waals surface area contributed by atoms with Crippen LogP contribution < -0.4 is 5.32 Å². The summed E-state index contributed by atoms with van der Waals surface area (Å²) in [5.41, 5.74) is 2.05. The van der Waals surface area contributed by atoms with Crippen LogP contribution in [0.1, 0.15) is 35.7 Å². The first-order chi connectivity index (χ1) is 11.6. The molecule has 0 aromatic heterocycles. The van der Waals surface area contributed by atoms with Crippen molar-refractivity contribution in [3.8, 4) is 0 Å². The number of hydrogen-bond donors (Lipinski definition) is 1. The van der Waals surface area contributed by atoms with Gasteiger partial charge in [0.2, 0.25) is 5.91 Å². The lowest BCUT2D eigenvalue weighted by molar-refractivity contribution is -0.121. The van der Waals surface area contributed by atoms with E-state index >= 15 is 0 Å². The predicted octanol–water partition coefficient (Wildman–Crippen LogP) is 1.96. The third-order valence-corrected chi connectivity index (χ3v) is 4.83. The van der Waals surface area contributed by atoms with Crippen LogP contribution in [0.5, 0.6) is 0 Å². The van der Waals surface area contributed by atoms with Crippen LogP contribution in [-0.4, -0.2) is 54.3 Å². The zero-order chi connectivity index (χ0) is 17.1. The molecule has 2 aliphatic heterocycles. The lowest BCUT2D eigenvalue weighted by atomic mass is 10.0. The Morgan fingerprint density at radius 2 is 2.08 bits per heavy atom. The summed E-state index contributed by atoms with van der Waals surface area (Å²) in [7, 11) is 0. The molecular formula is C19H25N3O2. The monoisotopic (exact) mass is 327 g/mol. The number of nitrogens with one attached hydrogen (secondary N) is 1. The van der Waals surface area contributed by atoms with Crippen LogP contribution in [0.15, 0.2) is 30.8 Å². The van der Waals surface area contributed by atoms with Crippen molar-refractivity contribution in [3.63, 3.8) is 0 Å². The Morgan fingerprint density at radius 1 is 1.33 bits per heavy atom. The van der Waals surface area contributed by atoms with Gasteiger partial charge >= 0.3 is 0 Å². The maximum absolute atomic E-state index is 12.4. The summed E-state index contributed by atoms with van der Waals surface area (Å²) in [4.78, 5) is 28.4. The quantitative estimate of drug-likeness (QED) is 0.899. The van der Waals surface area contributed by atoms with Gasteiger partial charge in [0.1, 0.15) is 6.54 Å². The molecule has 0 radical (unpaired) electrons. The minimum atomic E-state index is -0.143. The maximum Gasteiger partial charge on any atom is 0.259 e. The number of piperidine rings is 1. The van der Waals surface area contributed by atoms with E-state index < -0.39 is 0 Å². The normalized spacial score (nSPS) is 21.0. The van der Waals surface area contributed by atoms with Crippen molar-refractivity contribution in [2.45, 2.75) is 19.8 Å².